The first kappa shape index (κ1) is 21.9. The number of hydrogen-bond donors (Lipinski definition) is 1. The zero-order chi connectivity index (χ0) is 23.1. The van der Waals surface area contributed by atoms with E-state index in [0.717, 1.165) is 12.1 Å². The number of piperazine rings is 1. The standard InChI is InChI=1S/C19H21F3N6O4/c1-18(12-27-10-15(28(30)31)24-17(27)32-18)11-25-6-8-26(9-7-25)16(29)23-14-4-2-13(3-5-14)19(20,21)22/h2-5,10H,6-9,11-12H2,1H3,(H,23,29)/t18-/m0/s1. The highest BCUT2D eigenvalue weighted by Crippen LogP contribution is 2.32. The molecule has 0 aliphatic carbocycles. The number of rotatable bonds is 4. The zero-order valence-corrected chi connectivity index (χ0v) is 17.1. The quantitative estimate of drug-likeness (QED) is 0.563. The first-order chi connectivity index (χ1) is 15.0. The second-order valence-electron chi connectivity index (χ2n) is 8.09. The molecule has 1 N–H and O–H groups in total. The molecule has 0 saturated carbocycles. The van der Waals surface area contributed by atoms with Gasteiger partial charge in [0.15, 0.2) is 0 Å². The summed E-state index contributed by atoms with van der Waals surface area (Å²) in [4.78, 5) is 30.3. The lowest BCUT2D eigenvalue weighted by Crippen LogP contribution is -2.54. The van der Waals surface area contributed by atoms with E-state index in [-0.39, 0.29) is 17.9 Å². The number of nitrogens with zero attached hydrogens (tertiary/aromatic N) is 5. The van der Waals surface area contributed by atoms with Crippen LogP contribution in [0.2, 0.25) is 0 Å². The number of fused-ring (bicyclic) bond motifs is 1. The SMILES string of the molecule is C[C@]1(CN2CCN(C(=O)Nc3ccc(C(F)(F)F)cc3)CC2)Cn2cc([N+](=O)[O-])nc2O1. The summed E-state index contributed by atoms with van der Waals surface area (Å²) in [6.07, 6.45) is -3.07. The van der Waals surface area contributed by atoms with Gasteiger partial charge in [-0.25, -0.2) is 4.79 Å². The third-order valence-electron chi connectivity index (χ3n) is 5.44. The van der Waals surface area contributed by atoms with Gasteiger partial charge in [0, 0.05) is 43.4 Å². The van der Waals surface area contributed by atoms with Gasteiger partial charge in [-0.15, -0.1) is 0 Å². The molecule has 3 heterocycles. The first-order valence-electron chi connectivity index (χ1n) is 9.89. The van der Waals surface area contributed by atoms with Crippen LogP contribution in [0.4, 0.5) is 29.5 Å². The number of nitro groups is 1. The van der Waals surface area contributed by atoms with Gasteiger partial charge in [0.25, 0.3) is 0 Å². The second-order valence-corrected chi connectivity index (χ2v) is 8.09. The van der Waals surface area contributed by atoms with Crippen LogP contribution in [0.1, 0.15) is 12.5 Å². The van der Waals surface area contributed by atoms with Crippen LogP contribution in [0.3, 0.4) is 0 Å². The molecule has 4 rings (SSSR count). The molecule has 1 saturated heterocycles. The summed E-state index contributed by atoms with van der Waals surface area (Å²) in [6.45, 7) is 4.94. The van der Waals surface area contributed by atoms with E-state index < -0.39 is 22.3 Å². The largest absolute Gasteiger partial charge is 0.436 e. The molecule has 0 bridgehead atoms. The van der Waals surface area contributed by atoms with Crippen molar-refractivity contribution >= 4 is 17.5 Å². The zero-order valence-electron chi connectivity index (χ0n) is 17.1. The Labute approximate surface area is 180 Å². The van der Waals surface area contributed by atoms with E-state index in [1.54, 1.807) is 9.47 Å². The van der Waals surface area contributed by atoms with Crippen LogP contribution < -0.4 is 10.1 Å². The van der Waals surface area contributed by atoms with Crippen LogP contribution in [0, 0.1) is 10.1 Å². The average molecular weight is 454 g/mol. The van der Waals surface area contributed by atoms with Crippen molar-refractivity contribution in [3.05, 3.63) is 46.1 Å². The van der Waals surface area contributed by atoms with Crippen LogP contribution in [-0.2, 0) is 12.7 Å². The van der Waals surface area contributed by atoms with Crippen LogP contribution in [-0.4, -0.2) is 68.6 Å². The molecule has 2 aliphatic heterocycles. The Morgan fingerprint density at radius 3 is 2.47 bits per heavy atom. The highest BCUT2D eigenvalue weighted by atomic mass is 19.4. The number of imidazole rings is 1. The molecule has 10 nitrogen and oxygen atoms in total. The van der Waals surface area contributed by atoms with Gasteiger partial charge in [-0.1, -0.05) is 0 Å². The maximum atomic E-state index is 12.6. The third-order valence-corrected chi connectivity index (χ3v) is 5.44. The van der Waals surface area contributed by atoms with Gasteiger partial charge in [0.2, 0.25) is 0 Å². The number of carbonyl (C=O) groups is 1. The Morgan fingerprint density at radius 1 is 1.25 bits per heavy atom. The molecule has 32 heavy (non-hydrogen) atoms. The van der Waals surface area contributed by atoms with Crippen molar-refractivity contribution in [2.24, 2.45) is 0 Å². The van der Waals surface area contributed by atoms with Crippen LogP contribution in [0.5, 0.6) is 6.01 Å². The smallest absolute Gasteiger partial charge is 0.416 e. The number of hydrogen-bond acceptors (Lipinski definition) is 6. The van der Waals surface area contributed by atoms with Crippen molar-refractivity contribution in [2.75, 3.05) is 38.0 Å². The fourth-order valence-corrected chi connectivity index (χ4v) is 3.89. The van der Waals surface area contributed by atoms with Crippen LogP contribution >= 0.6 is 0 Å². The van der Waals surface area contributed by atoms with Crippen molar-refractivity contribution in [3.8, 4) is 6.01 Å². The Hall–Kier alpha value is -3.35. The number of alkyl halides is 3. The van der Waals surface area contributed by atoms with Crippen molar-refractivity contribution < 1.29 is 27.6 Å². The summed E-state index contributed by atoms with van der Waals surface area (Å²) in [5.74, 6) is -0.255. The first-order valence-corrected chi connectivity index (χ1v) is 9.89. The highest BCUT2D eigenvalue weighted by Gasteiger charge is 2.42. The Kier molecular flexibility index (Phi) is 5.44. The van der Waals surface area contributed by atoms with Gasteiger partial charge in [-0.2, -0.15) is 13.2 Å². The molecule has 2 amide bonds. The molecule has 0 radical (unpaired) electrons. The molecule has 0 unspecified atom stereocenters. The predicted octanol–water partition coefficient (Wildman–Crippen LogP) is 2.81. The van der Waals surface area contributed by atoms with Gasteiger partial charge in [0.1, 0.15) is 11.8 Å². The molecule has 2 aromatic rings. The second kappa shape index (κ2) is 7.97. The number of urea groups is 1. The van der Waals surface area contributed by atoms with Crippen LogP contribution in [0.15, 0.2) is 30.5 Å². The van der Waals surface area contributed by atoms with E-state index in [1.165, 1.54) is 18.3 Å². The summed E-state index contributed by atoms with van der Waals surface area (Å²) in [5.41, 5.74) is -1.08. The van der Waals surface area contributed by atoms with E-state index in [0.29, 0.717) is 45.0 Å². The molecule has 2 aliphatic rings. The van der Waals surface area contributed by atoms with Gasteiger partial charge in [-0.05, 0) is 36.1 Å². The van der Waals surface area contributed by atoms with Crippen LogP contribution in [0.25, 0.3) is 0 Å². The van der Waals surface area contributed by atoms with Crippen molar-refractivity contribution in [1.29, 1.82) is 0 Å². The van der Waals surface area contributed by atoms with Gasteiger partial charge >= 0.3 is 24.0 Å². The minimum Gasteiger partial charge on any atom is -0.436 e. The van der Waals surface area contributed by atoms with Crippen molar-refractivity contribution in [2.45, 2.75) is 25.2 Å². The molecular weight excluding hydrogens is 433 g/mol. The fraction of sp³-hybridized carbons (Fsp3) is 0.474. The summed E-state index contributed by atoms with van der Waals surface area (Å²) in [5, 5.41) is 13.4. The topological polar surface area (TPSA) is 106 Å². The number of aromatic nitrogens is 2. The predicted molar refractivity (Wildman–Crippen MR) is 106 cm³/mol. The normalized spacial score (nSPS) is 21.2. The number of carbonyl (C=O) groups excluding carboxylic acids is 1. The third kappa shape index (κ3) is 4.61. The molecule has 1 aromatic heterocycles. The van der Waals surface area contributed by atoms with E-state index in [1.807, 2.05) is 6.92 Å². The number of ether oxygens (including phenoxy) is 1. The maximum Gasteiger partial charge on any atom is 0.416 e. The van der Waals surface area contributed by atoms with E-state index in [4.69, 9.17) is 4.74 Å². The summed E-state index contributed by atoms with van der Waals surface area (Å²) < 4.78 is 45.4. The van der Waals surface area contributed by atoms with Crippen molar-refractivity contribution in [3.63, 3.8) is 0 Å². The number of nitrogens with one attached hydrogen (secondary N) is 1. The lowest BCUT2D eigenvalue weighted by atomic mass is 10.1. The Morgan fingerprint density at radius 2 is 1.91 bits per heavy atom. The number of benzene rings is 1. The fourth-order valence-electron chi connectivity index (χ4n) is 3.89. The van der Waals surface area contributed by atoms with Gasteiger partial charge in [0.05, 0.1) is 12.1 Å². The molecule has 172 valence electrons. The van der Waals surface area contributed by atoms with E-state index in [9.17, 15) is 28.1 Å². The summed E-state index contributed by atoms with van der Waals surface area (Å²) in [7, 11) is 0. The molecule has 1 fully saturated rings. The highest BCUT2D eigenvalue weighted by molar-refractivity contribution is 5.89. The van der Waals surface area contributed by atoms with Gasteiger partial charge < -0.3 is 25.1 Å². The minimum absolute atomic E-state index is 0.216. The average Bonchev–Trinajstić information content (AvgIpc) is 3.23. The lowest BCUT2D eigenvalue weighted by molar-refractivity contribution is -0.389. The molecule has 1 atom stereocenters. The molecule has 0 spiro atoms. The summed E-state index contributed by atoms with van der Waals surface area (Å²) >= 11 is 0. The maximum absolute atomic E-state index is 12.6. The Bertz CT molecular complexity index is 992. The Balaban J connectivity index is 1.26. The summed E-state index contributed by atoms with van der Waals surface area (Å²) in [6, 6.07) is 4.14. The number of anilines is 1. The number of halogens is 3. The minimum atomic E-state index is -4.42. The van der Waals surface area contributed by atoms with Crippen molar-refractivity contribution in [1.82, 2.24) is 19.4 Å². The molecule has 1 aromatic carbocycles. The lowest BCUT2D eigenvalue weighted by Gasteiger charge is -2.37. The van der Waals surface area contributed by atoms with Gasteiger partial charge in [-0.3, -0.25) is 9.47 Å². The molecule has 13 heteroatoms. The van der Waals surface area contributed by atoms with E-state index in [2.05, 4.69) is 15.2 Å². The van der Waals surface area contributed by atoms with E-state index >= 15 is 0 Å². The monoisotopic (exact) mass is 454 g/mol. The molecular formula is C19H21F3N6O4. The number of amides is 2.